The molecular formula is C16H14BrF3N2O2. The lowest BCUT2D eigenvalue weighted by atomic mass is 9.97. The van der Waals surface area contributed by atoms with E-state index in [9.17, 15) is 18.0 Å². The highest BCUT2D eigenvalue weighted by Gasteiger charge is 2.31. The summed E-state index contributed by atoms with van der Waals surface area (Å²) in [4.78, 5) is 15.2. The summed E-state index contributed by atoms with van der Waals surface area (Å²) in [7, 11) is 1.43. The van der Waals surface area contributed by atoms with Gasteiger partial charge in [0.15, 0.2) is 0 Å². The number of halogens is 4. The van der Waals surface area contributed by atoms with Crippen molar-refractivity contribution in [3.63, 3.8) is 0 Å². The molecule has 0 bridgehead atoms. The number of hydrogen-bond acceptors (Lipinski definition) is 3. The summed E-state index contributed by atoms with van der Waals surface area (Å²) in [6.07, 6.45) is -2.94. The molecule has 1 amide bonds. The molecule has 2 aromatic rings. The number of pyridine rings is 1. The van der Waals surface area contributed by atoms with Crippen LogP contribution in [0, 0.1) is 0 Å². The molecule has 0 saturated heterocycles. The van der Waals surface area contributed by atoms with Gasteiger partial charge in [-0.2, -0.15) is 13.2 Å². The summed E-state index contributed by atoms with van der Waals surface area (Å²) in [6, 6.07) is 5.07. The summed E-state index contributed by atoms with van der Waals surface area (Å²) >= 11 is 3.29. The molecule has 0 aliphatic carbocycles. The third-order valence-electron chi connectivity index (χ3n) is 3.26. The Morgan fingerprint density at radius 2 is 2.00 bits per heavy atom. The number of hydrogen-bond donors (Lipinski definition) is 1. The Kier molecular flexibility index (Phi) is 5.48. The average molecular weight is 403 g/mol. The van der Waals surface area contributed by atoms with Gasteiger partial charge in [-0.05, 0) is 45.3 Å². The smallest absolute Gasteiger partial charge is 0.416 e. The van der Waals surface area contributed by atoms with Crippen molar-refractivity contribution in [1.82, 2.24) is 10.3 Å². The summed E-state index contributed by atoms with van der Waals surface area (Å²) in [5, 5.41) is 2.52. The monoisotopic (exact) mass is 402 g/mol. The fraction of sp³-hybridized carbons (Fsp3) is 0.250. The van der Waals surface area contributed by atoms with Gasteiger partial charge in [-0.1, -0.05) is 6.07 Å². The summed E-state index contributed by atoms with van der Waals surface area (Å²) < 4.78 is 44.8. The van der Waals surface area contributed by atoms with E-state index in [1.165, 1.54) is 26.3 Å². The van der Waals surface area contributed by atoms with Crippen molar-refractivity contribution in [2.24, 2.45) is 0 Å². The Balaban J connectivity index is 2.60. The van der Waals surface area contributed by atoms with Gasteiger partial charge in [-0.3, -0.25) is 4.79 Å². The fourth-order valence-corrected chi connectivity index (χ4v) is 2.51. The van der Waals surface area contributed by atoms with E-state index in [1.54, 1.807) is 6.07 Å². The van der Waals surface area contributed by atoms with Crippen LogP contribution in [0.3, 0.4) is 0 Å². The van der Waals surface area contributed by atoms with Crippen molar-refractivity contribution in [3.05, 3.63) is 46.1 Å². The van der Waals surface area contributed by atoms with E-state index in [0.29, 0.717) is 21.2 Å². The number of amides is 1. The molecule has 1 heterocycles. The maximum absolute atomic E-state index is 13.0. The SMILES string of the molecule is COc1ncc(Br)cc1-c1ccc(C(F)(F)F)cc1CNC(C)=O. The van der Waals surface area contributed by atoms with Gasteiger partial charge in [0.1, 0.15) is 0 Å². The summed E-state index contributed by atoms with van der Waals surface area (Å²) in [5.74, 6) is -0.0558. The second kappa shape index (κ2) is 7.21. The van der Waals surface area contributed by atoms with E-state index in [0.717, 1.165) is 12.1 Å². The highest BCUT2D eigenvalue weighted by atomic mass is 79.9. The standard InChI is InChI=1S/C16H14BrF3N2O2/c1-9(23)21-7-10-5-11(16(18,19)20)3-4-13(10)14-6-12(17)8-22-15(14)24-2/h3-6,8H,7H2,1-2H3,(H,21,23). The van der Waals surface area contributed by atoms with Crippen LogP contribution in [0.4, 0.5) is 13.2 Å². The topological polar surface area (TPSA) is 51.2 Å². The van der Waals surface area contributed by atoms with Crippen LogP contribution in [-0.2, 0) is 17.5 Å². The lowest BCUT2D eigenvalue weighted by molar-refractivity contribution is -0.137. The molecule has 1 N–H and O–H groups in total. The molecule has 0 spiro atoms. The van der Waals surface area contributed by atoms with Crippen molar-refractivity contribution in [2.45, 2.75) is 19.6 Å². The minimum Gasteiger partial charge on any atom is -0.481 e. The second-order valence-corrected chi connectivity index (χ2v) is 5.91. The zero-order valence-corrected chi connectivity index (χ0v) is 14.5. The van der Waals surface area contributed by atoms with E-state index >= 15 is 0 Å². The normalized spacial score (nSPS) is 11.2. The zero-order chi connectivity index (χ0) is 17.9. The molecule has 1 aromatic carbocycles. The van der Waals surface area contributed by atoms with Gasteiger partial charge in [-0.25, -0.2) is 4.98 Å². The van der Waals surface area contributed by atoms with Crippen LogP contribution in [0.1, 0.15) is 18.1 Å². The number of carbonyl (C=O) groups excluding carboxylic acids is 1. The first-order chi connectivity index (χ1) is 11.2. The van der Waals surface area contributed by atoms with Crippen molar-refractivity contribution in [1.29, 1.82) is 0 Å². The van der Waals surface area contributed by atoms with Crippen molar-refractivity contribution >= 4 is 21.8 Å². The average Bonchev–Trinajstić information content (AvgIpc) is 2.51. The Morgan fingerprint density at radius 1 is 1.29 bits per heavy atom. The van der Waals surface area contributed by atoms with Gasteiger partial charge < -0.3 is 10.1 Å². The number of benzene rings is 1. The molecule has 0 aliphatic heterocycles. The Hall–Kier alpha value is -2.09. The molecule has 0 aliphatic rings. The van der Waals surface area contributed by atoms with Crippen LogP contribution >= 0.6 is 15.9 Å². The first-order valence-corrected chi connectivity index (χ1v) is 7.66. The molecule has 0 fully saturated rings. The number of methoxy groups -OCH3 is 1. The van der Waals surface area contributed by atoms with E-state index in [4.69, 9.17) is 4.74 Å². The summed E-state index contributed by atoms with van der Waals surface area (Å²) in [6.45, 7) is 1.26. The third kappa shape index (κ3) is 4.25. The van der Waals surface area contributed by atoms with E-state index < -0.39 is 11.7 Å². The molecule has 24 heavy (non-hydrogen) atoms. The largest absolute Gasteiger partial charge is 0.481 e. The van der Waals surface area contributed by atoms with Gasteiger partial charge in [-0.15, -0.1) is 0 Å². The van der Waals surface area contributed by atoms with E-state index in [-0.39, 0.29) is 18.3 Å². The molecule has 0 unspecified atom stereocenters. The Bertz CT molecular complexity index is 763. The molecule has 0 atom stereocenters. The number of alkyl halides is 3. The minimum atomic E-state index is -4.47. The lowest BCUT2D eigenvalue weighted by Gasteiger charge is -2.16. The number of carbonyl (C=O) groups is 1. The van der Waals surface area contributed by atoms with Crippen LogP contribution in [-0.4, -0.2) is 18.0 Å². The number of nitrogens with one attached hydrogen (secondary N) is 1. The lowest BCUT2D eigenvalue weighted by Crippen LogP contribution is -2.20. The van der Waals surface area contributed by atoms with E-state index in [1.807, 2.05) is 0 Å². The van der Waals surface area contributed by atoms with Crippen molar-refractivity contribution in [3.8, 4) is 17.0 Å². The Morgan fingerprint density at radius 3 is 2.58 bits per heavy atom. The second-order valence-electron chi connectivity index (χ2n) is 4.99. The first-order valence-electron chi connectivity index (χ1n) is 6.87. The van der Waals surface area contributed by atoms with Crippen LogP contribution in [0.2, 0.25) is 0 Å². The number of ether oxygens (including phenoxy) is 1. The number of rotatable bonds is 4. The van der Waals surface area contributed by atoms with Gasteiger partial charge in [0.05, 0.1) is 12.7 Å². The Labute approximate surface area is 145 Å². The molecular weight excluding hydrogens is 389 g/mol. The quantitative estimate of drug-likeness (QED) is 0.834. The molecule has 8 heteroatoms. The predicted octanol–water partition coefficient (Wildman–Crippen LogP) is 4.17. The first kappa shape index (κ1) is 18.3. The minimum absolute atomic E-state index is 0.0374. The van der Waals surface area contributed by atoms with Gasteiger partial charge >= 0.3 is 6.18 Å². The highest BCUT2D eigenvalue weighted by Crippen LogP contribution is 2.37. The van der Waals surface area contributed by atoms with Crippen molar-refractivity contribution < 1.29 is 22.7 Å². The molecule has 0 saturated carbocycles. The van der Waals surface area contributed by atoms with Crippen LogP contribution in [0.25, 0.3) is 11.1 Å². The third-order valence-corrected chi connectivity index (χ3v) is 3.70. The molecule has 128 valence electrons. The highest BCUT2D eigenvalue weighted by molar-refractivity contribution is 9.10. The fourth-order valence-electron chi connectivity index (χ4n) is 2.18. The molecule has 4 nitrogen and oxygen atoms in total. The number of aromatic nitrogens is 1. The van der Waals surface area contributed by atoms with E-state index in [2.05, 4.69) is 26.2 Å². The predicted molar refractivity (Wildman–Crippen MR) is 86.4 cm³/mol. The van der Waals surface area contributed by atoms with Gasteiger partial charge in [0.2, 0.25) is 11.8 Å². The molecule has 0 radical (unpaired) electrons. The van der Waals surface area contributed by atoms with Crippen LogP contribution in [0.5, 0.6) is 5.88 Å². The number of nitrogens with zero attached hydrogens (tertiary/aromatic N) is 1. The van der Waals surface area contributed by atoms with Crippen LogP contribution < -0.4 is 10.1 Å². The molecule has 1 aromatic heterocycles. The zero-order valence-electron chi connectivity index (χ0n) is 12.9. The summed E-state index contributed by atoms with van der Waals surface area (Å²) in [5.41, 5.74) is 0.565. The molecule has 2 rings (SSSR count). The van der Waals surface area contributed by atoms with Crippen LogP contribution in [0.15, 0.2) is 34.9 Å². The van der Waals surface area contributed by atoms with Crippen molar-refractivity contribution in [2.75, 3.05) is 7.11 Å². The maximum Gasteiger partial charge on any atom is 0.416 e. The van der Waals surface area contributed by atoms with Gasteiger partial charge in [0, 0.05) is 29.7 Å². The maximum atomic E-state index is 13.0. The van der Waals surface area contributed by atoms with Gasteiger partial charge in [0.25, 0.3) is 0 Å².